The van der Waals surface area contributed by atoms with Crippen LogP contribution < -0.4 is 4.74 Å². The predicted octanol–water partition coefficient (Wildman–Crippen LogP) is 2.53. The first-order chi connectivity index (χ1) is 9.51. The molecule has 0 fully saturated rings. The molecule has 1 aromatic heterocycles. The minimum atomic E-state index is 0.100. The number of hydrogen-bond donors (Lipinski definition) is 1. The Bertz CT molecular complexity index is 609. The van der Waals surface area contributed by atoms with E-state index >= 15 is 0 Å². The normalized spacial score (nSPS) is 11.1. The highest BCUT2D eigenvalue weighted by atomic mass is 32.2. The van der Waals surface area contributed by atoms with Gasteiger partial charge < -0.3 is 14.6 Å². The average Bonchev–Trinajstić information content (AvgIpc) is 2.85. The van der Waals surface area contributed by atoms with E-state index < -0.39 is 0 Å². The molecule has 2 aromatic rings. The Morgan fingerprint density at radius 2 is 2.25 bits per heavy atom. The second-order valence-corrected chi connectivity index (χ2v) is 5.78. The number of fused-ring (bicyclic) bond motifs is 1. The summed E-state index contributed by atoms with van der Waals surface area (Å²) in [5, 5.41) is 0.749. The van der Waals surface area contributed by atoms with Crippen LogP contribution in [0.5, 0.6) is 5.75 Å². The lowest BCUT2D eigenvalue weighted by Gasteiger charge is -2.20. The Labute approximate surface area is 122 Å². The molecule has 2 rings (SSSR count). The Hall–Kier alpha value is -1.69. The SMILES string of the molecule is COc1ccc2nc(SCC(=O)N(C)C(C)C)[nH]c2c1. The van der Waals surface area contributed by atoms with Crippen LogP contribution in [0.15, 0.2) is 23.4 Å². The number of thioether (sulfide) groups is 1. The second kappa shape index (κ2) is 6.17. The first-order valence-corrected chi connectivity index (χ1v) is 7.42. The number of benzene rings is 1. The third-order valence-electron chi connectivity index (χ3n) is 3.17. The van der Waals surface area contributed by atoms with Crippen LogP contribution in [0.25, 0.3) is 11.0 Å². The van der Waals surface area contributed by atoms with E-state index in [9.17, 15) is 4.79 Å². The Balaban J connectivity index is 2.05. The summed E-state index contributed by atoms with van der Waals surface area (Å²) >= 11 is 1.41. The summed E-state index contributed by atoms with van der Waals surface area (Å²) in [6, 6.07) is 5.88. The van der Waals surface area contributed by atoms with Crippen molar-refractivity contribution in [2.24, 2.45) is 0 Å². The smallest absolute Gasteiger partial charge is 0.233 e. The number of nitrogens with zero attached hydrogens (tertiary/aromatic N) is 2. The minimum Gasteiger partial charge on any atom is -0.497 e. The van der Waals surface area contributed by atoms with Gasteiger partial charge in [0.1, 0.15) is 5.75 Å². The van der Waals surface area contributed by atoms with Gasteiger partial charge in [0.05, 0.1) is 23.9 Å². The quantitative estimate of drug-likeness (QED) is 0.861. The fourth-order valence-corrected chi connectivity index (χ4v) is 2.49. The van der Waals surface area contributed by atoms with E-state index in [4.69, 9.17) is 4.74 Å². The van der Waals surface area contributed by atoms with Gasteiger partial charge in [-0.2, -0.15) is 0 Å². The Morgan fingerprint density at radius 3 is 2.90 bits per heavy atom. The van der Waals surface area contributed by atoms with E-state index in [1.807, 2.05) is 39.1 Å². The lowest BCUT2D eigenvalue weighted by atomic mass is 10.3. The number of ether oxygens (including phenoxy) is 1. The number of hydrogen-bond acceptors (Lipinski definition) is 4. The van der Waals surface area contributed by atoms with Crippen molar-refractivity contribution in [2.75, 3.05) is 19.9 Å². The molecule has 0 aliphatic heterocycles. The maximum Gasteiger partial charge on any atom is 0.233 e. The number of carbonyl (C=O) groups is 1. The minimum absolute atomic E-state index is 0.100. The molecule has 1 N–H and O–H groups in total. The third-order valence-corrected chi connectivity index (χ3v) is 4.03. The van der Waals surface area contributed by atoms with Crippen LogP contribution in [0.4, 0.5) is 0 Å². The summed E-state index contributed by atoms with van der Waals surface area (Å²) in [6.45, 7) is 3.99. The van der Waals surface area contributed by atoms with Crippen molar-refractivity contribution in [3.8, 4) is 5.75 Å². The molecule has 0 atom stereocenters. The van der Waals surface area contributed by atoms with Gasteiger partial charge in [-0.25, -0.2) is 4.98 Å². The molecule has 0 saturated heterocycles. The predicted molar refractivity (Wildman–Crippen MR) is 81.3 cm³/mol. The van der Waals surface area contributed by atoms with Gasteiger partial charge in [0.2, 0.25) is 5.91 Å². The molecule has 0 radical (unpaired) electrons. The van der Waals surface area contributed by atoms with Gasteiger partial charge in [-0.05, 0) is 26.0 Å². The number of imidazole rings is 1. The molecule has 0 spiro atoms. The molecule has 108 valence electrons. The molecule has 0 aliphatic rings. The molecule has 20 heavy (non-hydrogen) atoms. The topological polar surface area (TPSA) is 58.2 Å². The number of nitrogens with one attached hydrogen (secondary N) is 1. The van der Waals surface area contributed by atoms with Crippen molar-refractivity contribution in [1.29, 1.82) is 0 Å². The number of aromatic amines is 1. The number of methoxy groups -OCH3 is 1. The van der Waals surface area contributed by atoms with E-state index in [-0.39, 0.29) is 11.9 Å². The van der Waals surface area contributed by atoms with Gasteiger partial charge in [-0.1, -0.05) is 11.8 Å². The number of H-pyrrole nitrogens is 1. The fraction of sp³-hybridized carbons (Fsp3) is 0.429. The van der Waals surface area contributed by atoms with E-state index in [1.54, 1.807) is 12.0 Å². The van der Waals surface area contributed by atoms with Crippen LogP contribution in [0.3, 0.4) is 0 Å². The first kappa shape index (κ1) is 14.7. The molecule has 5 nitrogen and oxygen atoms in total. The first-order valence-electron chi connectivity index (χ1n) is 6.43. The molecular weight excluding hydrogens is 274 g/mol. The highest BCUT2D eigenvalue weighted by molar-refractivity contribution is 7.99. The van der Waals surface area contributed by atoms with E-state index in [1.165, 1.54) is 11.8 Å². The molecule has 0 bridgehead atoms. The molecule has 6 heteroatoms. The molecule has 0 saturated carbocycles. The molecule has 0 unspecified atom stereocenters. The highest BCUT2D eigenvalue weighted by Gasteiger charge is 2.13. The van der Waals surface area contributed by atoms with Crippen LogP contribution in [0.2, 0.25) is 0 Å². The standard InChI is InChI=1S/C14H19N3O2S/c1-9(2)17(3)13(18)8-20-14-15-11-6-5-10(19-4)7-12(11)16-14/h5-7,9H,8H2,1-4H3,(H,15,16). The summed E-state index contributed by atoms with van der Waals surface area (Å²) in [5.41, 5.74) is 1.79. The lowest BCUT2D eigenvalue weighted by molar-refractivity contribution is -0.128. The largest absolute Gasteiger partial charge is 0.497 e. The summed E-state index contributed by atoms with van der Waals surface area (Å²) in [4.78, 5) is 21.3. The molecule has 1 amide bonds. The van der Waals surface area contributed by atoms with Crippen molar-refractivity contribution in [3.63, 3.8) is 0 Å². The maximum absolute atomic E-state index is 11.9. The molecule has 1 aromatic carbocycles. The summed E-state index contributed by atoms with van der Waals surface area (Å²) in [5.74, 6) is 1.27. The number of aromatic nitrogens is 2. The lowest BCUT2D eigenvalue weighted by Crippen LogP contribution is -2.34. The summed E-state index contributed by atoms with van der Waals surface area (Å²) in [6.07, 6.45) is 0. The second-order valence-electron chi connectivity index (χ2n) is 4.81. The maximum atomic E-state index is 11.9. The molecule has 1 heterocycles. The van der Waals surface area contributed by atoms with Gasteiger partial charge >= 0.3 is 0 Å². The zero-order valence-corrected chi connectivity index (χ0v) is 13.0. The van der Waals surface area contributed by atoms with Gasteiger partial charge in [0.25, 0.3) is 0 Å². The molecular formula is C14H19N3O2S. The van der Waals surface area contributed by atoms with Crippen LogP contribution >= 0.6 is 11.8 Å². The number of rotatable bonds is 5. The number of carbonyl (C=O) groups excluding carboxylic acids is 1. The monoisotopic (exact) mass is 293 g/mol. The van der Waals surface area contributed by atoms with E-state index in [2.05, 4.69) is 9.97 Å². The van der Waals surface area contributed by atoms with Crippen LogP contribution in [-0.4, -0.2) is 46.7 Å². The van der Waals surface area contributed by atoms with Crippen molar-refractivity contribution < 1.29 is 9.53 Å². The van der Waals surface area contributed by atoms with Gasteiger partial charge in [-0.3, -0.25) is 4.79 Å². The van der Waals surface area contributed by atoms with Crippen molar-refractivity contribution in [2.45, 2.75) is 25.0 Å². The van der Waals surface area contributed by atoms with Gasteiger partial charge in [-0.15, -0.1) is 0 Å². The highest BCUT2D eigenvalue weighted by Crippen LogP contribution is 2.23. The summed E-state index contributed by atoms with van der Waals surface area (Å²) < 4.78 is 5.17. The Kier molecular flexibility index (Phi) is 4.54. The van der Waals surface area contributed by atoms with Crippen LogP contribution in [0.1, 0.15) is 13.8 Å². The average molecular weight is 293 g/mol. The van der Waals surface area contributed by atoms with Crippen molar-refractivity contribution in [1.82, 2.24) is 14.9 Å². The Morgan fingerprint density at radius 1 is 1.50 bits per heavy atom. The van der Waals surface area contributed by atoms with E-state index in [0.29, 0.717) is 5.75 Å². The third kappa shape index (κ3) is 3.25. The molecule has 0 aliphatic carbocycles. The van der Waals surface area contributed by atoms with Gasteiger partial charge in [0.15, 0.2) is 5.16 Å². The zero-order valence-electron chi connectivity index (χ0n) is 12.1. The van der Waals surface area contributed by atoms with Crippen LogP contribution in [0, 0.1) is 0 Å². The zero-order chi connectivity index (χ0) is 14.7. The number of amides is 1. The van der Waals surface area contributed by atoms with E-state index in [0.717, 1.165) is 21.9 Å². The van der Waals surface area contributed by atoms with Crippen molar-refractivity contribution in [3.05, 3.63) is 18.2 Å². The van der Waals surface area contributed by atoms with Crippen molar-refractivity contribution >= 4 is 28.7 Å². The van der Waals surface area contributed by atoms with Crippen LogP contribution in [-0.2, 0) is 4.79 Å². The van der Waals surface area contributed by atoms with Gasteiger partial charge in [0, 0.05) is 19.2 Å². The fourth-order valence-electron chi connectivity index (χ4n) is 1.68. The summed E-state index contributed by atoms with van der Waals surface area (Å²) in [7, 11) is 3.45.